The maximum absolute atomic E-state index is 14.2. The van der Waals surface area contributed by atoms with E-state index in [-0.39, 0.29) is 24.3 Å². The SMILES string of the molecule is CC(C(=O)C(C)N1CCN(C2CC(n3cc(-c4ccc5c(c4)OC(c4ccccc4)CC5)c4c(N)ncnc43)C2)CC1)N1CCN(C2CC(n3cc(-c4ccc5c(c4)OC(c4ccccc4)CC5)c4c(N)ncnc43)C2)CC1. The molecule has 0 radical (unpaired) electrons. The first kappa shape index (κ1) is 49.1. The van der Waals surface area contributed by atoms with Crippen LogP contribution in [0.2, 0.25) is 0 Å². The van der Waals surface area contributed by atoms with Gasteiger partial charge >= 0.3 is 0 Å². The molecule has 4 fully saturated rings. The van der Waals surface area contributed by atoms with Gasteiger partial charge in [0.2, 0.25) is 0 Å². The molecule has 4 aliphatic heterocycles. The normalized spacial score (nSPS) is 24.8. The van der Waals surface area contributed by atoms with Gasteiger partial charge < -0.3 is 30.1 Å². The number of fused-ring (bicyclic) bond motifs is 4. The standard InChI is InChI=1S/C63H70N12O3/c1-39(70-21-25-72(26-22-70)47-31-49(32-47)74-35-51(57-60(64)66-37-68-62(57)74)45-15-13-43-17-19-53(77-55(43)29-45)41-9-5-3-6-10-41)59(76)40(2)71-23-27-73(28-24-71)48-33-50(34-48)75-36-52(58-61(65)67-38-69-63(58)75)46-16-14-44-18-20-54(78-56(44)30-46)42-11-7-4-8-12-42/h3-16,29-30,35-40,47-50,53-54H,17-28,31-34H2,1-2H3,(H2,64,66,68)(H2,65,67,69). The Morgan fingerprint density at radius 3 is 1.35 bits per heavy atom. The van der Waals surface area contributed by atoms with Crippen LogP contribution in [0.3, 0.4) is 0 Å². The maximum atomic E-state index is 14.2. The van der Waals surface area contributed by atoms with Gasteiger partial charge in [0, 0.05) is 100 Å². The van der Waals surface area contributed by atoms with Crippen molar-refractivity contribution in [3.05, 3.63) is 144 Å². The minimum Gasteiger partial charge on any atom is -0.485 e. The topological polar surface area (TPSA) is 162 Å². The number of aryl methyl sites for hydroxylation is 2. The molecule has 0 amide bonds. The van der Waals surface area contributed by atoms with Crippen LogP contribution in [-0.4, -0.2) is 131 Å². The third-order valence-corrected chi connectivity index (χ3v) is 18.9. The third-order valence-electron chi connectivity index (χ3n) is 18.9. The second-order valence-electron chi connectivity index (χ2n) is 23.0. The first-order chi connectivity index (χ1) is 38.2. The Morgan fingerprint density at radius 1 is 0.526 bits per heavy atom. The molecule has 78 heavy (non-hydrogen) atoms. The lowest BCUT2D eigenvalue weighted by Crippen LogP contribution is -2.60. The lowest BCUT2D eigenvalue weighted by atomic mass is 9.84. The van der Waals surface area contributed by atoms with E-state index in [1.807, 2.05) is 0 Å². The van der Waals surface area contributed by atoms with Crippen LogP contribution in [0.1, 0.15) is 98.9 Å². The van der Waals surface area contributed by atoms with E-state index < -0.39 is 0 Å². The summed E-state index contributed by atoms with van der Waals surface area (Å²) in [4.78, 5) is 42.8. The molecule has 4 aromatic carbocycles. The number of ether oxygens (including phenoxy) is 2. The number of hydrogen-bond donors (Lipinski definition) is 2. The van der Waals surface area contributed by atoms with Gasteiger partial charge in [0.05, 0.1) is 22.9 Å². The molecule has 8 heterocycles. The number of hydrogen-bond acceptors (Lipinski definition) is 13. The van der Waals surface area contributed by atoms with Gasteiger partial charge in [0.25, 0.3) is 0 Å². The van der Waals surface area contributed by atoms with E-state index in [9.17, 15) is 4.79 Å². The van der Waals surface area contributed by atoms with Crippen LogP contribution in [0.15, 0.2) is 122 Å². The minimum absolute atomic E-state index is 0.0380. The van der Waals surface area contributed by atoms with E-state index in [0.717, 1.165) is 160 Å². The van der Waals surface area contributed by atoms with E-state index in [4.69, 9.17) is 30.9 Å². The average Bonchev–Trinajstić information content (AvgIpc) is 4.23. The highest BCUT2D eigenvalue weighted by molar-refractivity contribution is 6.02. The smallest absolute Gasteiger partial charge is 0.166 e. The molecule has 0 bridgehead atoms. The fourth-order valence-corrected chi connectivity index (χ4v) is 13.9. The Hall–Kier alpha value is -7.17. The number of carbonyl (C=O) groups is 1. The molecule has 2 saturated carbocycles. The summed E-state index contributed by atoms with van der Waals surface area (Å²) in [7, 11) is 0. The quantitative estimate of drug-likeness (QED) is 0.119. The molecule has 2 aliphatic carbocycles. The number of ketones is 1. The number of nitrogens with two attached hydrogens (primary N) is 2. The van der Waals surface area contributed by atoms with Crippen LogP contribution in [-0.2, 0) is 17.6 Å². The number of aromatic nitrogens is 6. The largest absolute Gasteiger partial charge is 0.485 e. The summed E-state index contributed by atoms with van der Waals surface area (Å²) in [6.45, 7) is 11.7. The molecule has 4 unspecified atom stereocenters. The Morgan fingerprint density at radius 2 is 0.936 bits per heavy atom. The van der Waals surface area contributed by atoms with E-state index in [1.54, 1.807) is 12.7 Å². The van der Waals surface area contributed by atoms with Gasteiger partial charge in [-0.3, -0.25) is 24.4 Å². The van der Waals surface area contributed by atoms with Gasteiger partial charge in [-0.25, -0.2) is 19.9 Å². The molecular weight excluding hydrogens is 973 g/mol. The average molecular weight is 1040 g/mol. The molecular formula is C63H70N12O3. The van der Waals surface area contributed by atoms with Crippen molar-refractivity contribution in [2.45, 2.75) is 114 Å². The van der Waals surface area contributed by atoms with Crippen molar-refractivity contribution in [1.82, 2.24) is 48.7 Å². The Labute approximate surface area is 456 Å². The summed E-state index contributed by atoms with van der Waals surface area (Å²) in [6, 6.07) is 35.6. The maximum Gasteiger partial charge on any atom is 0.166 e. The number of nitrogen functional groups attached to an aromatic ring is 2. The van der Waals surface area contributed by atoms with Crippen molar-refractivity contribution < 1.29 is 14.3 Å². The van der Waals surface area contributed by atoms with Gasteiger partial charge in [-0.2, -0.15) is 0 Å². The zero-order valence-corrected chi connectivity index (χ0v) is 44.8. The second kappa shape index (κ2) is 20.2. The molecule has 15 heteroatoms. The van der Waals surface area contributed by atoms with Gasteiger partial charge in [-0.1, -0.05) is 84.9 Å². The van der Waals surface area contributed by atoms with E-state index in [2.05, 4.69) is 162 Å². The zero-order valence-electron chi connectivity index (χ0n) is 44.8. The van der Waals surface area contributed by atoms with Crippen LogP contribution in [0.4, 0.5) is 11.6 Å². The van der Waals surface area contributed by atoms with Gasteiger partial charge in [-0.15, -0.1) is 0 Å². The van der Waals surface area contributed by atoms with Gasteiger partial charge in [0.1, 0.15) is 59.3 Å². The first-order valence-corrected chi connectivity index (χ1v) is 28.6. The minimum atomic E-state index is -0.117. The zero-order chi connectivity index (χ0) is 52.6. The molecule has 6 aliphatic rings. The molecule has 15 nitrogen and oxygen atoms in total. The monoisotopic (exact) mass is 1040 g/mol. The number of benzene rings is 4. The second-order valence-corrected chi connectivity index (χ2v) is 23.0. The van der Waals surface area contributed by atoms with Crippen LogP contribution in [0, 0.1) is 0 Å². The fraction of sp³-hybridized carbons (Fsp3) is 0.413. The van der Waals surface area contributed by atoms with Crippen molar-refractivity contribution in [1.29, 1.82) is 0 Å². The molecule has 0 spiro atoms. The van der Waals surface area contributed by atoms with E-state index in [1.165, 1.54) is 22.3 Å². The number of anilines is 2. The lowest BCUT2D eigenvalue weighted by Gasteiger charge is -2.48. The molecule has 4 atom stereocenters. The number of rotatable bonds is 12. The third kappa shape index (κ3) is 8.88. The van der Waals surface area contributed by atoms with Crippen molar-refractivity contribution in [2.75, 3.05) is 63.8 Å². The highest BCUT2D eigenvalue weighted by Crippen LogP contribution is 2.46. The van der Waals surface area contributed by atoms with E-state index >= 15 is 0 Å². The molecule has 4 N–H and O–H groups in total. The molecule has 2 saturated heterocycles. The van der Waals surface area contributed by atoms with Crippen LogP contribution < -0.4 is 20.9 Å². The van der Waals surface area contributed by atoms with Gasteiger partial charge in [0.15, 0.2) is 5.78 Å². The van der Waals surface area contributed by atoms with Crippen LogP contribution in [0.5, 0.6) is 11.5 Å². The number of Topliss-reactive ketones (excluding diaryl/α,β-unsaturated/α-hetero) is 1. The molecule has 4 aromatic heterocycles. The number of piperazine rings is 2. The summed E-state index contributed by atoms with van der Waals surface area (Å²) in [5, 5.41) is 1.81. The van der Waals surface area contributed by atoms with Crippen molar-refractivity contribution in [3.8, 4) is 33.8 Å². The summed E-state index contributed by atoms with van der Waals surface area (Å²) >= 11 is 0. The predicted molar refractivity (Wildman–Crippen MR) is 305 cm³/mol. The summed E-state index contributed by atoms with van der Waals surface area (Å²) in [5.74, 6) is 3.21. The van der Waals surface area contributed by atoms with Crippen LogP contribution >= 0.6 is 0 Å². The Balaban J connectivity index is 0.562. The fourth-order valence-electron chi connectivity index (χ4n) is 13.9. The van der Waals surface area contributed by atoms with Crippen LogP contribution in [0.25, 0.3) is 44.3 Å². The Kier molecular flexibility index (Phi) is 12.8. The molecule has 8 aromatic rings. The number of nitrogens with zero attached hydrogens (tertiary/aromatic N) is 10. The first-order valence-electron chi connectivity index (χ1n) is 28.6. The summed E-state index contributed by atoms with van der Waals surface area (Å²) in [6.07, 6.45) is 15.8. The lowest BCUT2D eigenvalue weighted by molar-refractivity contribution is -0.130. The number of carbonyl (C=O) groups excluding carboxylic acids is 1. The van der Waals surface area contributed by atoms with Crippen molar-refractivity contribution in [2.24, 2.45) is 0 Å². The van der Waals surface area contributed by atoms with Gasteiger partial charge in [-0.05, 0) is 111 Å². The van der Waals surface area contributed by atoms with E-state index in [0.29, 0.717) is 41.6 Å². The van der Waals surface area contributed by atoms with Crippen molar-refractivity contribution >= 4 is 39.5 Å². The highest BCUT2D eigenvalue weighted by atomic mass is 16.5. The highest BCUT2D eigenvalue weighted by Gasteiger charge is 2.41. The van der Waals surface area contributed by atoms with Crippen molar-refractivity contribution in [3.63, 3.8) is 0 Å². The summed E-state index contributed by atoms with van der Waals surface area (Å²) in [5.41, 5.74) is 24.1. The molecule has 400 valence electrons. The molecule has 14 rings (SSSR count). The summed E-state index contributed by atoms with van der Waals surface area (Å²) < 4.78 is 17.9. The predicted octanol–water partition coefficient (Wildman–Crippen LogP) is 9.50. The Bertz CT molecular complexity index is 3270.